The van der Waals surface area contributed by atoms with Crippen LogP contribution in [0.5, 0.6) is 0 Å². The molecule has 0 amide bonds. The van der Waals surface area contributed by atoms with Crippen LogP contribution in [0.25, 0.3) is 5.95 Å². The van der Waals surface area contributed by atoms with Gasteiger partial charge in [0.05, 0.1) is 11.4 Å². The third kappa shape index (κ3) is 1.74. The Morgan fingerprint density at radius 1 is 1.38 bits per heavy atom. The summed E-state index contributed by atoms with van der Waals surface area (Å²) in [6, 6.07) is 1.91. The van der Waals surface area contributed by atoms with E-state index in [-0.39, 0.29) is 10.6 Å². The maximum Gasteiger partial charge on any atom is 0.271 e. The highest BCUT2D eigenvalue weighted by Crippen LogP contribution is 2.10. The Labute approximate surface area is 97.1 Å². The Morgan fingerprint density at radius 3 is 2.56 bits per heavy atom. The summed E-state index contributed by atoms with van der Waals surface area (Å²) in [5.74, 6) is 0.387. The van der Waals surface area contributed by atoms with Crippen molar-refractivity contribution in [3.8, 4) is 5.95 Å². The van der Waals surface area contributed by atoms with E-state index in [4.69, 9.17) is 11.6 Å². The molecule has 16 heavy (non-hydrogen) atoms. The first kappa shape index (κ1) is 10.9. The normalized spacial score (nSPS) is 10.8. The number of hydrogen-bond acceptors (Lipinski definition) is 3. The van der Waals surface area contributed by atoms with E-state index in [0.29, 0.717) is 11.6 Å². The molecule has 0 saturated heterocycles. The molecule has 0 atom stereocenters. The number of halogens is 1. The van der Waals surface area contributed by atoms with Crippen molar-refractivity contribution < 1.29 is 0 Å². The van der Waals surface area contributed by atoms with Crippen LogP contribution in [-0.2, 0) is 0 Å². The fraction of sp³-hybridized carbons (Fsp3) is 0.300. The molecule has 0 aliphatic rings. The molecule has 2 heterocycles. The molecule has 0 saturated carbocycles. The van der Waals surface area contributed by atoms with E-state index in [2.05, 4.69) is 15.1 Å². The third-order valence-corrected chi connectivity index (χ3v) is 2.67. The van der Waals surface area contributed by atoms with E-state index in [1.54, 1.807) is 11.6 Å². The molecule has 0 spiro atoms. The first-order valence-electron chi connectivity index (χ1n) is 4.79. The lowest BCUT2D eigenvalue weighted by molar-refractivity contribution is 0.763. The Balaban J connectivity index is 2.66. The molecular weight excluding hydrogens is 228 g/mol. The van der Waals surface area contributed by atoms with Gasteiger partial charge in [0.1, 0.15) is 5.02 Å². The second kappa shape index (κ2) is 3.75. The number of nitrogens with one attached hydrogen (secondary N) is 1. The quantitative estimate of drug-likeness (QED) is 0.820. The number of aromatic amines is 1. The Hall–Kier alpha value is -1.62. The molecule has 2 aromatic heterocycles. The summed E-state index contributed by atoms with van der Waals surface area (Å²) in [4.78, 5) is 18.3. The highest BCUT2D eigenvalue weighted by Gasteiger charge is 2.09. The topological polar surface area (TPSA) is 63.6 Å². The van der Waals surface area contributed by atoms with Gasteiger partial charge in [-0.3, -0.25) is 9.78 Å². The zero-order chi connectivity index (χ0) is 11.9. The molecule has 0 fully saturated rings. The second-order valence-electron chi connectivity index (χ2n) is 3.63. The van der Waals surface area contributed by atoms with E-state index >= 15 is 0 Å². The SMILES string of the molecule is Cc1cc(C)n(-c2nc(C)c(Cl)c(=O)[nH]2)n1. The van der Waals surface area contributed by atoms with Crippen molar-refractivity contribution in [3.63, 3.8) is 0 Å². The van der Waals surface area contributed by atoms with Crippen molar-refractivity contribution in [2.75, 3.05) is 0 Å². The summed E-state index contributed by atoms with van der Waals surface area (Å²) in [6.07, 6.45) is 0. The van der Waals surface area contributed by atoms with Gasteiger partial charge in [-0.05, 0) is 26.8 Å². The predicted octanol–water partition coefficient (Wildman–Crippen LogP) is 1.53. The van der Waals surface area contributed by atoms with E-state index in [1.807, 2.05) is 19.9 Å². The predicted molar refractivity (Wildman–Crippen MR) is 61.2 cm³/mol. The number of nitrogens with zero attached hydrogens (tertiary/aromatic N) is 3. The van der Waals surface area contributed by atoms with Crippen molar-refractivity contribution in [3.05, 3.63) is 38.5 Å². The molecule has 84 valence electrons. The van der Waals surface area contributed by atoms with Gasteiger partial charge >= 0.3 is 0 Å². The zero-order valence-electron chi connectivity index (χ0n) is 9.21. The first-order valence-corrected chi connectivity index (χ1v) is 5.17. The lowest BCUT2D eigenvalue weighted by Crippen LogP contribution is -2.16. The average Bonchev–Trinajstić information content (AvgIpc) is 2.53. The number of rotatable bonds is 1. The van der Waals surface area contributed by atoms with Gasteiger partial charge in [-0.15, -0.1) is 0 Å². The molecule has 0 aromatic carbocycles. The van der Waals surface area contributed by atoms with Gasteiger partial charge in [0.2, 0.25) is 5.95 Å². The van der Waals surface area contributed by atoms with E-state index < -0.39 is 0 Å². The Bertz CT molecular complexity index is 599. The van der Waals surface area contributed by atoms with Crippen molar-refractivity contribution >= 4 is 11.6 Å². The van der Waals surface area contributed by atoms with Crippen LogP contribution in [0.1, 0.15) is 17.1 Å². The minimum Gasteiger partial charge on any atom is -0.290 e. The van der Waals surface area contributed by atoms with E-state index in [9.17, 15) is 4.79 Å². The van der Waals surface area contributed by atoms with Crippen molar-refractivity contribution in [2.24, 2.45) is 0 Å². The highest BCUT2D eigenvalue weighted by atomic mass is 35.5. The molecule has 0 radical (unpaired) electrons. The van der Waals surface area contributed by atoms with Gasteiger partial charge < -0.3 is 0 Å². The fourth-order valence-electron chi connectivity index (χ4n) is 1.50. The van der Waals surface area contributed by atoms with Crippen LogP contribution in [0.15, 0.2) is 10.9 Å². The molecule has 0 aliphatic heterocycles. The number of H-pyrrole nitrogens is 1. The maximum atomic E-state index is 11.5. The Morgan fingerprint density at radius 2 is 2.06 bits per heavy atom. The second-order valence-corrected chi connectivity index (χ2v) is 4.01. The van der Waals surface area contributed by atoms with Gasteiger partial charge in [0.25, 0.3) is 5.56 Å². The van der Waals surface area contributed by atoms with Gasteiger partial charge in [0.15, 0.2) is 0 Å². The first-order chi connectivity index (χ1) is 7.49. The number of hydrogen-bond donors (Lipinski definition) is 1. The van der Waals surface area contributed by atoms with E-state index in [0.717, 1.165) is 11.4 Å². The summed E-state index contributed by atoms with van der Waals surface area (Å²) in [5.41, 5.74) is 1.92. The number of aromatic nitrogens is 4. The van der Waals surface area contributed by atoms with Gasteiger partial charge in [-0.25, -0.2) is 9.67 Å². The lowest BCUT2D eigenvalue weighted by atomic mass is 10.4. The van der Waals surface area contributed by atoms with Crippen LogP contribution in [0.4, 0.5) is 0 Å². The van der Waals surface area contributed by atoms with Gasteiger partial charge in [-0.2, -0.15) is 5.10 Å². The third-order valence-electron chi connectivity index (χ3n) is 2.23. The summed E-state index contributed by atoms with van der Waals surface area (Å²) >= 11 is 5.75. The van der Waals surface area contributed by atoms with Crippen molar-refractivity contribution in [2.45, 2.75) is 20.8 Å². The monoisotopic (exact) mass is 238 g/mol. The van der Waals surface area contributed by atoms with Crippen LogP contribution in [-0.4, -0.2) is 19.7 Å². The van der Waals surface area contributed by atoms with Gasteiger partial charge in [0, 0.05) is 5.69 Å². The summed E-state index contributed by atoms with van der Waals surface area (Å²) in [6.45, 7) is 5.46. The minimum atomic E-state index is -0.350. The largest absolute Gasteiger partial charge is 0.290 e. The average molecular weight is 239 g/mol. The van der Waals surface area contributed by atoms with Gasteiger partial charge in [-0.1, -0.05) is 11.6 Å². The standard InChI is InChI=1S/C10H11ClN4O/c1-5-4-6(2)15(14-5)10-12-7(3)8(11)9(16)13-10/h4H,1-3H3,(H,12,13,16). The van der Waals surface area contributed by atoms with Crippen LogP contribution in [0.2, 0.25) is 5.02 Å². The lowest BCUT2D eigenvalue weighted by Gasteiger charge is -2.04. The minimum absolute atomic E-state index is 0.116. The molecule has 0 unspecified atom stereocenters. The molecule has 5 nitrogen and oxygen atoms in total. The van der Waals surface area contributed by atoms with Crippen LogP contribution >= 0.6 is 11.6 Å². The summed E-state index contributed by atoms with van der Waals surface area (Å²) < 4.78 is 1.58. The fourth-order valence-corrected chi connectivity index (χ4v) is 1.59. The summed E-state index contributed by atoms with van der Waals surface area (Å²) in [5, 5.41) is 4.35. The molecule has 6 heteroatoms. The smallest absolute Gasteiger partial charge is 0.271 e. The zero-order valence-corrected chi connectivity index (χ0v) is 9.96. The molecular formula is C10H11ClN4O. The maximum absolute atomic E-state index is 11.5. The van der Waals surface area contributed by atoms with Crippen LogP contribution in [0.3, 0.4) is 0 Å². The van der Waals surface area contributed by atoms with Crippen LogP contribution < -0.4 is 5.56 Å². The van der Waals surface area contributed by atoms with Crippen molar-refractivity contribution in [1.29, 1.82) is 0 Å². The molecule has 2 rings (SSSR count). The summed E-state index contributed by atoms with van der Waals surface area (Å²) in [7, 11) is 0. The van der Waals surface area contributed by atoms with Crippen molar-refractivity contribution in [1.82, 2.24) is 19.7 Å². The number of aryl methyl sites for hydroxylation is 3. The molecule has 2 aromatic rings. The highest BCUT2D eigenvalue weighted by molar-refractivity contribution is 6.30. The Kier molecular flexibility index (Phi) is 2.55. The molecule has 1 N–H and O–H groups in total. The molecule has 0 bridgehead atoms. The van der Waals surface area contributed by atoms with E-state index in [1.165, 1.54) is 0 Å². The molecule has 0 aliphatic carbocycles. The van der Waals surface area contributed by atoms with Crippen LogP contribution in [0, 0.1) is 20.8 Å².